The monoisotopic (exact) mass is 313 g/mol. The van der Waals surface area contributed by atoms with Gasteiger partial charge >= 0.3 is 0 Å². The predicted octanol–water partition coefficient (Wildman–Crippen LogP) is 1.48. The van der Waals surface area contributed by atoms with Crippen molar-refractivity contribution >= 4 is 21.6 Å². The molecule has 0 aromatic carbocycles. The van der Waals surface area contributed by atoms with Crippen LogP contribution in [-0.2, 0) is 11.3 Å². The lowest BCUT2D eigenvalue weighted by atomic mass is 10.1. The minimum Gasteiger partial charge on any atom is -0.382 e. The van der Waals surface area contributed by atoms with Crippen LogP contribution in [0.2, 0.25) is 0 Å². The van der Waals surface area contributed by atoms with E-state index in [9.17, 15) is 4.79 Å². The molecular formula is C12H16BrN3O2. The minimum atomic E-state index is -0.302. The second kappa shape index (κ2) is 6.03. The Morgan fingerprint density at radius 3 is 2.89 bits per heavy atom. The van der Waals surface area contributed by atoms with E-state index in [1.54, 1.807) is 13.3 Å². The van der Waals surface area contributed by atoms with Crippen LogP contribution in [0.1, 0.15) is 13.8 Å². The second-order valence-corrected chi connectivity index (χ2v) is 5.27. The molecule has 1 aromatic heterocycles. The zero-order valence-corrected chi connectivity index (χ0v) is 12.2. The highest BCUT2D eigenvalue weighted by atomic mass is 79.9. The molecule has 0 aliphatic rings. The lowest BCUT2D eigenvalue weighted by Gasteiger charge is -2.26. The second-order valence-electron chi connectivity index (χ2n) is 4.48. The van der Waals surface area contributed by atoms with Crippen LogP contribution in [0.3, 0.4) is 0 Å². The molecule has 0 bridgehead atoms. The molecule has 0 radical (unpaired) electrons. The molecule has 1 heterocycles. The molecule has 18 heavy (non-hydrogen) atoms. The summed E-state index contributed by atoms with van der Waals surface area (Å²) in [5.41, 5.74) is 0.0606. The van der Waals surface area contributed by atoms with Gasteiger partial charge in [0.05, 0.1) is 24.0 Å². The summed E-state index contributed by atoms with van der Waals surface area (Å²) in [6, 6.07) is 0. The molecule has 0 spiro atoms. The van der Waals surface area contributed by atoms with E-state index in [0.717, 1.165) is 0 Å². The van der Waals surface area contributed by atoms with Crippen molar-refractivity contribution in [2.45, 2.75) is 25.9 Å². The van der Waals surface area contributed by atoms with Gasteiger partial charge in [-0.1, -0.05) is 5.92 Å². The van der Waals surface area contributed by atoms with Gasteiger partial charge in [0.1, 0.15) is 11.0 Å². The van der Waals surface area contributed by atoms with Crippen LogP contribution in [-0.4, -0.2) is 29.0 Å². The number of halogens is 1. The van der Waals surface area contributed by atoms with Gasteiger partial charge in [0.15, 0.2) is 0 Å². The van der Waals surface area contributed by atoms with Gasteiger partial charge in [0.25, 0.3) is 5.56 Å². The highest BCUT2D eigenvalue weighted by molar-refractivity contribution is 9.10. The van der Waals surface area contributed by atoms with E-state index in [2.05, 4.69) is 32.3 Å². The van der Waals surface area contributed by atoms with E-state index < -0.39 is 0 Å². The summed E-state index contributed by atoms with van der Waals surface area (Å²) in [4.78, 5) is 11.9. The number of nitrogens with zero attached hydrogens (tertiary/aromatic N) is 2. The van der Waals surface area contributed by atoms with Crippen molar-refractivity contribution in [1.82, 2.24) is 9.78 Å². The summed E-state index contributed by atoms with van der Waals surface area (Å²) in [7, 11) is 1.63. The first-order chi connectivity index (χ1) is 8.41. The fourth-order valence-corrected chi connectivity index (χ4v) is 1.92. The average Bonchev–Trinajstić information content (AvgIpc) is 2.29. The Balaban J connectivity index is 3.03. The van der Waals surface area contributed by atoms with Crippen LogP contribution in [0.5, 0.6) is 0 Å². The van der Waals surface area contributed by atoms with Crippen LogP contribution < -0.4 is 10.9 Å². The van der Waals surface area contributed by atoms with Gasteiger partial charge in [-0.3, -0.25) is 4.79 Å². The molecule has 1 rings (SSSR count). The molecular weight excluding hydrogens is 298 g/mol. The van der Waals surface area contributed by atoms with Crippen molar-refractivity contribution < 1.29 is 4.74 Å². The molecule has 0 atom stereocenters. The molecule has 0 aliphatic heterocycles. The Kier molecular flexibility index (Phi) is 4.93. The van der Waals surface area contributed by atoms with E-state index in [4.69, 9.17) is 11.2 Å². The van der Waals surface area contributed by atoms with Crippen molar-refractivity contribution in [3.05, 3.63) is 21.0 Å². The highest BCUT2D eigenvalue weighted by Crippen LogP contribution is 2.20. The smallest absolute Gasteiger partial charge is 0.284 e. The number of ether oxygens (including phenoxy) is 1. The Labute approximate surface area is 115 Å². The lowest BCUT2D eigenvalue weighted by molar-refractivity contribution is 0.158. The molecule has 6 heteroatoms. The van der Waals surface area contributed by atoms with Crippen molar-refractivity contribution in [3.8, 4) is 12.3 Å². The number of hydrogen-bond donors (Lipinski definition) is 1. The third-order valence-corrected chi connectivity index (χ3v) is 2.97. The Morgan fingerprint density at radius 1 is 1.67 bits per heavy atom. The Bertz CT molecular complexity index is 517. The fourth-order valence-electron chi connectivity index (χ4n) is 1.51. The highest BCUT2D eigenvalue weighted by Gasteiger charge is 2.19. The van der Waals surface area contributed by atoms with Gasteiger partial charge in [0, 0.05) is 7.11 Å². The van der Waals surface area contributed by atoms with Crippen LogP contribution in [0.15, 0.2) is 15.5 Å². The zero-order chi connectivity index (χ0) is 13.8. The number of hydrogen-bond acceptors (Lipinski definition) is 4. The molecule has 98 valence electrons. The van der Waals surface area contributed by atoms with Crippen LogP contribution in [0.4, 0.5) is 5.69 Å². The first-order valence-electron chi connectivity index (χ1n) is 5.37. The Morgan fingerprint density at radius 2 is 2.33 bits per heavy atom. The van der Waals surface area contributed by atoms with Gasteiger partial charge in [-0.15, -0.1) is 6.42 Å². The molecule has 0 aliphatic carbocycles. The molecule has 0 saturated heterocycles. The number of terminal acetylenes is 1. The molecule has 1 aromatic rings. The lowest BCUT2D eigenvalue weighted by Crippen LogP contribution is -2.37. The molecule has 0 amide bonds. The molecule has 0 fully saturated rings. The molecule has 0 unspecified atom stereocenters. The topological polar surface area (TPSA) is 56.1 Å². The van der Waals surface area contributed by atoms with E-state index in [1.807, 2.05) is 13.8 Å². The van der Waals surface area contributed by atoms with Gasteiger partial charge in [-0.2, -0.15) is 5.10 Å². The molecule has 5 nitrogen and oxygen atoms in total. The zero-order valence-electron chi connectivity index (χ0n) is 10.7. The normalized spacial score (nSPS) is 11.1. The summed E-state index contributed by atoms with van der Waals surface area (Å²) in [5, 5.41) is 7.20. The number of rotatable bonds is 5. The van der Waals surface area contributed by atoms with Gasteiger partial charge < -0.3 is 10.1 Å². The Hall–Kier alpha value is -1.32. The largest absolute Gasteiger partial charge is 0.382 e. The number of methoxy groups -OCH3 is 1. The minimum absolute atomic E-state index is 0.152. The first-order valence-corrected chi connectivity index (χ1v) is 6.17. The van der Waals surface area contributed by atoms with Crippen LogP contribution in [0.25, 0.3) is 0 Å². The number of anilines is 1. The summed E-state index contributed by atoms with van der Waals surface area (Å²) in [5.74, 6) is 2.38. The fraction of sp³-hybridized carbons (Fsp3) is 0.500. The number of aromatic nitrogens is 2. The van der Waals surface area contributed by atoms with Crippen molar-refractivity contribution in [1.29, 1.82) is 0 Å². The summed E-state index contributed by atoms with van der Waals surface area (Å²) >= 11 is 3.26. The maximum atomic E-state index is 11.9. The average molecular weight is 314 g/mol. The van der Waals surface area contributed by atoms with E-state index in [1.165, 1.54) is 4.68 Å². The summed E-state index contributed by atoms with van der Waals surface area (Å²) in [6.45, 7) is 4.60. The standard InChI is InChI=1S/C12H16BrN3O2/c1-5-6-16-11(17)10(13)9(7-14-16)15-12(2,3)8-18-4/h1,7,15H,6,8H2,2-4H3. The van der Waals surface area contributed by atoms with E-state index in [0.29, 0.717) is 16.8 Å². The van der Waals surface area contributed by atoms with Crippen LogP contribution >= 0.6 is 15.9 Å². The first kappa shape index (κ1) is 14.7. The predicted molar refractivity (Wildman–Crippen MR) is 74.6 cm³/mol. The van der Waals surface area contributed by atoms with Crippen molar-refractivity contribution in [2.24, 2.45) is 0 Å². The summed E-state index contributed by atoms with van der Waals surface area (Å²) < 4.78 is 6.74. The van der Waals surface area contributed by atoms with Gasteiger partial charge in [-0.25, -0.2) is 4.68 Å². The van der Waals surface area contributed by atoms with E-state index >= 15 is 0 Å². The maximum absolute atomic E-state index is 11.9. The quantitative estimate of drug-likeness (QED) is 0.837. The van der Waals surface area contributed by atoms with E-state index in [-0.39, 0.29) is 17.6 Å². The third kappa shape index (κ3) is 3.59. The third-order valence-electron chi connectivity index (χ3n) is 2.20. The number of nitrogens with one attached hydrogen (secondary N) is 1. The van der Waals surface area contributed by atoms with Gasteiger partial charge in [0.2, 0.25) is 0 Å². The molecule has 0 saturated carbocycles. The molecule has 1 N–H and O–H groups in total. The van der Waals surface area contributed by atoms with Crippen molar-refractivity contribution in [2.75, 3.05) is 19.0 Å². The van der Waals surface area contributed by atoms with Crippen LogP contribution in [0, 0.1) is 12.3 Å². The SMILES string of the molecule is C#CCn1ncc(NC(C)(C)COC)c(Br)c1=O. The van der Waals surface area contributed by atoms with Gasteiger partial charge in [-0.05, 0) is 29.8 Å². The van der Waals surface area contributed by atoms with Crippen molar-refractivity contribution in [3.63, 3.8) is 0 Å². The summed E-state index contributed by atoms with van der Waals surface area (Å²) in [6.07, 6.45) is 6.73. The maximum Gasteiger partial charge on any atom is 0.284 e.